The zero-order valence-corrected chi connectivity index (χ0v) is 11.7. The minimum Gasteiger partial charge on any atom is -0.435 e. The standard InChI is InChI=1S/C15H20F2N2O2/c16-15(17)21-13-6-2-3-10(7-13)14(20)19-9-12-5-1-4-11(12)8-18/h2-3,6-7,11-12,15H,1,4-5,8-9,18H2,(H,19,20). The van der Waals surface area contributed by atoms with E-state index in [1.54, 1.807) is 6.07 Å². The molecule has 116 valence electrons. The van der Waals surface area contributed by atoms with Gasteiger partial charge in [0.25, 0.3) is 5.91 Å². The fourth-order valence-electron chi connectivity index (χ4n) is 2.83. The zero-order valence-electron chi connectivity index (χ0n) is 11.7. The largest absolute Gasteiger partial charge is 0.435 e. The van der Waals surface area contributed by atoms with Gasteiger partial charge in [0.1, 0.15) is 5.75 Å². The highest BCUT2D eigenvalue weighted by atomic mass is 19.3. The molecule has 0 aliphatic heterocycles. The zero-order chi connectivity index (χ0) is 15.2. The van der Waals surface area contributed by atoms with Gasteiger partial charge in [0.15, 0.2) is 0 Å². The number of hydrogen-bond acceptors (Lipinski definition) is 3. The SMILES string of the molecule is NCC1CCCC1CNC(=O)c1cccc(OC(F)F)c1. The van der Waals surface area contributed by atoms with Gasteiger partial charge in [0.05, 0.1) is 0 Å². The molecule has 1 aliphatic carbocycles. The van der Waals surface area contributed by atoms with Crippen molar-refractivity contribution < 1.29 is 18.3 Å². The van der Waals surface area contributed by atoms with Gasteiger partial charge < -0.3 is 15.8 Å². The average molecular weight is 298 g/mol. The lowest BCUT2D eigenvalue weighted by atomic mass is 9.96. The van der Waals surface area contributed by atoms with Crippen molar-refractivity contribution in [2.75, 3.05) is 13.1 Å². The van der Waals surface area contributed by atoms with Gasteiger partial charge in [-0.3, -0.25) is 4.79 Å². The quantitative estimate of drug-likeness (QED) is 0.847. The minimum absolute atomic E-state index is 0.0154. The molecule has 6 heteroatoms. The van der Waals surface area contributed by atoms with E-state index in [1.165, 1.54) is 18.2 Å². The van der Waals surface area contributed by atoms with Gasteiger partial charge in [-0.05, 0) is 49.4 Å². The first-order chi connectivity index (χ1) is 10.1. The Kier molecular flexibility index (Phi) is 5.50. The number of benzene rings is 1. The fraction of sp³-hybridized carbons (Fsp3) is 0.533. The summed E-state index contributed by atoms with van der Waals surface area (Å²) < 4.78 is 28.6. The van der Waals surface area contributed by atoms with Crippen molar-refractivity contribution in [2.24, 2.45) is 17.6 Å². The number of alkyl halides is 2. The topological polar surface area (TPSA) is 64.3 Å². The summed E-state index contributed by atoms with van der Waals surface area (Å²) in [6.07, 6.45) is 3.31. The van der Waals surface area contributed by atoms with Crippen LogP contribution < -0.4 is 15.8 Å². The molecule has 2 atom stereocenters. The van der Waals surface area contributed by atoms with E-state index in [0.29, 0.717) is 30.5 Å². The van der Waals surface area contributed by atoms with Gasteiger partial charge in [0, 0.05) is 12.1 Å². The van der Waals surface area contributed by atoms with Gasteiger partial charge in [-0.1, -0.05) is 12.5 Å². The maximum Gasteiger partial charge on any atom is 0.387 e. The Hall–Kier alpha value is -1.69. The summed E-state index contributed by atoms with van der Waals surface area (Å²) in [5, 5.41) is 2.85. The van der Waals surface area contributed by atoms with Crippen LogP contribution in [0.2, 0.25) is 0 Å². The summed E-state index contributed by atoms with van der Waals surface area (Å²) in [6.45, 7) is -1.69. The first kappa shape index (κ1) is 15.7. The van der Waals surface area contributed by atoms with Crippen LogP contribution >= 0.6 is 0 Å². The van der Waals surface area contributed by atoms with E-state index in [0.717, 1.165) is 19.3 Å². The van der Waals surface area contributed by atoms with Crippen LogP contribution in [0.1, 0.15) is 29.6 Å². The van der Waals surface area contributed by atoms with E-state index in [2.05, 4.69) is 10.1 Å². The van der Waals surface area contributed by atoms with Crippen LogP contribution in [-0.2, 0) is 0 Å². The van der Waals surface area contributed by atoms with Crippen LogP contribution in [0.15, 0.2) is 24.3 Å². The molecular formula is C15H20F2N2O2. The van der Waals surface area contributed by atoms with Crippen molar-refractivity contribution in [1.29, 1.82) is 0 Å². The van der Waals surface area contributed by atoms with Crippen molar-refractivity contribution in [3.05, 3.63) is 29.8 Å². The molecular weight excluding hydrogens is 278 g/mol. The Morgan fingerprint density at radius 1 is 1.38 bits per heavy atom. The smallest absolute Gasteiger partial charge is 0.387 e. The highest BCUT2D eigenvalue weighted by Gasteiger charge is 2.26. The lowest BCUT2D eigenvalue weighted by molar-refractivity contribution is -0.0498. The molecule has 0 saturated heterocycles. The second-order valence-electron chi connectivity index (χ2n) is 5.30. The summed E-state index contributed by atoms with van der Waals surface area (Å²) in [4.78, 5) is 12.0. The lowest BCUT2D eigenvalue weighted by Crippen LogP contribution is -2.32. The molecule has 0 radical (unpaired) electrons. The lowest BCUT2D eigenvalue weighted by Gasteiger charge is -2.18. The van der Waals surface area contributed by atoms with Crippen LogP contribution in [-0.4, -0.2) is 25.6 Å². The molecule has 1 amide bonds. The van der Waals surface area contributed by atoms with Gasteiger partial charge in [-0.2, -0.15) is 8.78 Å². The number of halogens is 2. The van der Waals surface area contributed by atoms with Crippen LogP contribution in [0.25, 0.3) is 0 Å². The molecule has 2 rings (SSSR count). The normalized spacial score (nSPS) is 21.5. The van der Waals surface area contributed by atoms with Gasteiger partial charge >= 0.3 is 6.61 Å². The average Bonchev–Trinajstić information content (AvgIpc) is 2.91. The summed E-state index contributed by atoms with van der Waals surface area (Å²) in [5.74, 6) is 0.564. The van der Waals surface area contributed by atoms with E-state index < -0.39 is 6.61 Å². The monoisotopic (exact) mass is 298 g/mol. The molecule has 21 heavy (non-hydrogen) atoms. The molecule has 1 saturated carbocycles. The summed E-state index contributed by atoms with van der Waals surface area (Å²) in [7, 11) is 0. The molecule has 1 aromatic carbocycles. The predicted molar refractivity (Wildman–Crippen MR) is 75.3 cm³/mol. The van der Waals surface area contributed by atoms with Crippen LogP contribution in [0.4, 0.5) is 8.78 Å². The highest BCUT2D eigenvalue weighted by Crippen LogP contribution is 2.30. The number of amides is 1. The Labute approximate surface area is 122 Å². The Morgan fingerprint density at radius 2 is 2.14 bits per heavy atom. The second-order valence-corrected chi connectivity index (χ2v) is 5.30. The Morgan fingerprint density at radius 3 is 2.86 bits per heavy atom. The first-order valence-electron chi connectivity index (χ1n) is 7.13. The maximum atomic E-state index is 12.2. The maximum absolute atomic E-state index is 12.2. The summed E-state index contributed by atoms with van der Waals surface area (Å²) in [5.41, 5.74) is 6.02. The molecule has 4 nitrogen and oxygen atoms in total. The molecule has 3 N–H and O–H groups in total. The van der Waals surface area contributed by atoms with Crippen molar-refractivity contribution >= 4 is 5.91 Å². The molecule has 0 heterocycles. The van der Waals surface area contributed by atoms with Gasteiger partial charge in [0.2, 0.25) is 0 Å². The molecule has 1 fully saturated rings. The van der Waals surface area contributed by atoms with Crippen LogP contribution in [0.5, 0.6) is 5.75 Å². The molecule has 1 aromatic rings. The van der Waals surface area contributed by atoms with Gasteiger partial charge in [-0.15, -0.1) is 0 Å². The van der Waals surface area contributed by atoms with E-state index in [-0.39, 0.29) is 11.7 Å². The van der Waals surface area contributed by atoms with Crippen molar-refractivity contribution in [1.82, 2.24) is 5.32 Å². The summed E-state index contributed by atoms with van der Waals surface area (Å²) in [6, 6.07) is 5.80. The number of rotatable bonds is 6. The number of nitrogens with two attached hydrogens (primary N) is 1. The molecule has 1 aliphatic rings. The molecule has 2 unspecified atom stereocenters. The van der Waals surface area contributed by atoms with Gasteiger partial charge in [-0.25, -0.2) is 0 Å². The third-order valence-electron chi connectivity index (χ3n) is 3.97. The van der Waals surface area contributed by atoms with Crippen LogP contribution in [0, 0.1) is 11.8 Å². The van der Waals surface area contributed by atoms with E-state index in [1.807, 2.05) is 0 Å². The van der Waals surface area contributed by atoms with Crippen LogP contribution in [0.3, 0.4) is 0 Å². The third-order valence-corrected chi connectivity index (χ3v) is 3.97. The predicted octanol–water partition coefficient (Wildman–Crippen LogP) is 2.39. The molecule has 0 spiro atoms. The van der Waals surface area contributed by atoms with Crippen molar-refractivity contribution in [3.63, 3.8) is 0 Å². The number of nitrogens with one attached hydrogen (secondary N) is 1. The van der Waals surface area contributed by atoms with E-state index in [9.17, 15) is 13.6 Å². The van der Waals surface area contributed by atoms with Crippen molar-refractivity contribution in [3.8, 4) is 5.75 Å². The fourth-order valence-corrected chi connectivity index (χ4v) is 2.83. The Balaban J connectivity index is 1.91. The van der Waals surface area contributed by atoms with E-state index >= 15 is 0 Å². The second kappa shape index (κ2) is 7.36. The number of ether oxygens (including phenoxy) is 1. The molecule has 0 aromatic heterocycles. The highest BCUT2D eigenvalue weighted by molar-refractivity contribution is 5.94. The number of carbonyl (C=O) groups is 1. The first-order valence-corrected chi connectivity index (χ1v) is 7.13. The molecule has 0 bridgehead atoms. The Bertz CT molecular complexity index is 482. The minimum atomic E-state index is -2.90. The number of carbonyl (C=O) groups excluding carboxylic acids is 1. The summed E-state index contributed by atoms with van der Waals surface area (Å²) >= 11 is 0. The van der Waals surface area contributed by atoms with Crippen molar-refractivity contribution in [2.45, 2.75) is 25.9 Å². The van der Waals surface area contributed by atoms with E-state index in [4.69, 9.17) is 5.73 Å². The number of hydrogen-bond donors (Lipinski definition) is 2. The third kappa shape index (κ3) is 4.39.